The minimum atomic E-state index is -0.540. The van der Waals surface area contributed by atoms with Crippen LogP contribution in [0.5, 0.6) is 0 Å². The molecule has 0 saturated carbocycles. The molecule has 0 aliphatic carbocycles. The van der Waals surface area contributed by atoms with E-state index in [4.69, 9.17) is 10.00 Å². The molecule has 0 spiro atoms. The van der Waals surface area contributed by atoms with Gasteiger partial charge >= 0.3 is 5.69 Å². The average Bonchev–Trinajstić information content (AvgIpc) is 2.89. The number of nitriles is 1. The fraction of sp³-hybridized carbons (Fsp3) is 0.455. The van der Waals surface area contributed by atoms with Crippen molar-refractivity contribution in [3.8, 4) is 6.07 Å². The summed E-state index contributed by atoms with van der Waals surface area (Å²) < 4.78 is 5.22. The molecular weight excluding hydrogens is 236 g/mol. The summed E-state index contributed by atoms with van der Waals surface area (Å²) in [5.74, 6) is 0.549. The van der Waals surface area contributed by atoms with Crippen molar-refractivity contribution in [3.05, 3.63) is 27.9 Å². The molecule has 2 rings (SSSR count). The van der Waals surface area contributed by atoms with Crippen LogP contribution in [-0.4, -0.2) is 29.7 Å². The molecular formula is C11H12N4O3. The summed E-state index contributed by atoms with van der Waals surface area (Å²) in [4.78, 5) is 14.3. The maximum absolute atomic E-state index is 10.9. The van der Waals surface area contributed by atoms with E-state index in [1.54, 1.807) is 0 Å². The lowest BCUT2D eigenvalue weighted by atomic mass is 10.1. The minimum absolute atomic E-state index is 0.173. The Balaban J connectivity index is 2.11. The molecule has 1 aromatic heterocycles. The van der Waals surface area contributed by atoms with Crippen LogP contribution in [-0.2, 0) is 4.74 Å². The van der Waals surface area contributed by atoms with E-state index in [9.17, 15) is 10.1 Å². The molecule has 2 heterocycles. The van der Waals surface area contributed by atoms with Gasteiger partial charge in [-0.25, -0.2) is 4.98 Å². The van der Waals surface area contributed by atoms with Crippen molar-refractivity contribution in [2.24, 2.45) is 5.92 Å². The summed E-state index contributed by atoms with van der Waals surface area (Å²) in [6.45, 7) is 1.98. The predicted octanol–water partition coefficient (Wildman–Crippen LogP) is 1.31. The second-order valence-electron chi connectivity index (χ2n) is 4.07. The molecule has 7 nitrogen and oxygen atoms in total. The normalized spacial score (nSPS) is 18.3. The van der Waals surface area contributed by atoms with Crippen molar-refractivity contribution in [2.75, 3.05) is 25.1 Å². The minimum Gasteiger partial charge on any atom is -0.381 e. The molecule has 1 saturated heterocycles. The second kappa shape index (κ2) is 5.42. The number of rotatable bonds is 4. The van der Waals surface area contributed by atoms with Crippen molar-refractivity contribution in [2.45, 2.75) is 6.42 Å². The molecule has 1 aromatic rings. The van der Waals surface area contributed by atoms with Gasteiger partial charge < -0.3 is 10.1 Å². The summed E-state index contributed by atoms with van der Waals surface area (Å²) in [7, 11) is 0. The summed E-state index contributed by atoms with van der Waals surface area (Å²) in [5.41, 5.74) is 0.00409. The van der Waals surface area contributed by atoms with Crippen LogP contribution in [0, 0.1) is 27.4 Å². The molecule has 7 heteroatoms. The van der Waals surface area contributed by atoms with Gasteiger partial charge in [-0.15, -0.1) is 0 Å². The van der Waals surface area contributed by atoms with Crippen LogP contribution in [0.2, 0.25) is 0 Å². The first kappa shape index (κ1) is 12.3. The number of nitro groups is 1. The molecule has 0 radical (unpaired) electrons. The van der Waals surface area contributed by atoms with Gasteiger partial charge in [0.05, 0.1) is 17.1 Å². The van der Waals surface area contributed by atoms with E-state index in [2.05, 4.69) is 10.3 Å². The fourth-order valence-electron chi connectivity index (χ4n) is 1.78. The Kier molecular flexibility index (Phi) is 3.69. The van der Waals surface area contributed by atoms with E-state index in [1.165, 1.54) is 12.3 Å². The van der Waals surface area contributed by atoms with Gasteiger partial charge in [0, 0.05) is 31.3 Å². The van der Waals surface area contributed by atoms with Crippen LogP contribution in [0.15, 0.2) is 12.3 Å². The van der Waals surface area contributed by atoms with Crippen molar-refractivity contribution in [1.29, 1.82) is 5.26 Å². The molecule has 18 heavy (non-hydrogen) atoms. The highest BCUT2D eigenvalue weighted by molar-refractivity contribution is 5.58. The zero-order chi connectivity index (χ0) is 13.0. The lowest BCUT2D eigenvalue weighted by molar-refractivity contribution is -0.384. The Hall–Kier alpha value is -2.20. The maximum atomic E-state index is 10.9. The van der Waals surface area contributed by atoms with E-state index in [0.29, 0.717) is 19.1 Å². The van der Waals surface area contributed by atoms with Gasteiger partial charge in [0.15, 0.2) is 0 Å². The predicted molar refractivity (Wildman–Crippen MR) is 63.0 cm³/mol. The first-order valence-corrected chi connectivity index (χ1v) is 5.57. The van der Waals surface area contributed by atoms with E-state index in [1.807, 2.05) is 6.07 Å². The number of hydrogen-bond donors (Lipinski definition) is 1. The maximum Gasteiger partial charge on any atom is 0.312 e. The van der Waals surface area contributed by atoms with Crippen molar-refractivity contribution in [1.82, 2.24) is 4.98 Å². The number of anilines is 1. The third-order valence-corrected chi connectivity index (χ3v) is 2.78. The number of ether oxygens (including phenoxy) is 1. The standard InChI is InChI=1S/C11H12N4O3/c12-4-9-3-10(15(16)17)11(14-6-9)13-5-8-1-2-18-7-8/h3,6,8H,1-2,5,7H2,(H,13,14). The van der Waals surface area contributed by atoms with Gasteiger partial charge in [-0.1, -0.05) is 0 Å². The van der Waals surface area contributed by atoms with Gasteiger partial charge in [-0.05, 0) is 6.42 Å². The molecule has 0 bridgehead atoms. The fourth-order valence-corrected chi connectivity index (χ4v) is 1.78. The smallest absolute Gasteiger partial charge is 0.312 e. The van der Waals surface area contributed by atoms with E-state index >= 15 is 0 Å². The molecule has 1 atom stereocenters. The molecule has 1 aliphatic rings. The second-order valence-corrected chi connectivity index (χ2v) is 4.07. The summed E-state index contributed by atoms with van der Waals surface area (Å²) in [5, 5.41) is 22.5. The quantitative estimate of drug-likeness (QED) is 0.636. The van der Waals surface area contributed by atoms with Gasteiger partial charge in [0.1, 0.15) is 6.07 Å². The Morgan fingerprint density at radius 3 is 3.17 bits per heavy atom. The highest BCUT2D eigenvalue weighted by Crippen LogP contribution is 2.23. The zero-order valence-corrected chi connectivity index (χ0v) is 9.63. The van der Waals surface area contributed by atoms with Crippen LogP contribution < -0.4 is 5.32 Å². The summed E-state index contributed by atoms with van der Waals surface area (Å²) >= 11 is 0. The van der Waals surface area contributed by atoms with Crippen molar-refractivity contribution < 1.29 is 9.66 Å². The number of aromatic nitrogens is 1. The topological polar surface area (TPSA) is 101 Å². The van der Waals surface area contributed by atoms with Crippen molar-refractivity contribution in [3.63, 3.8) is 0 Å². The Labute approximate surface area is 104 Å². The lowest BCUT2D eigenvalue weighted by Crippen LogP contribution is -2.15. The third-order valence-electron chi connectivity index (χ3n) is 2.78. The lowest BCUT2D eigenvalue weighted by Gasteiger charge is -2.09. The Morgan fingerprint density at radius 2 is 2.56 bits per heavy atom. The zero-order valence-electron chi connectivity index (χ0n) is 9.63. The molecule has 0 amide bonds. The van der Waals surface area contributed by atoms with Crippen LogP contribution >= 0.6 is 0 Å². The first-order valence-electron chi connectivity index (χ1n) is 5.57. The Morgan fingerprint density at radius 1 is 1.72 bits per heavy atom. The monoisotopic (exact) mass is 248 g/mol. The number of pyridine rings is 1. The summed E-state index contributed by atoms with van der Waals surface area (Å²) in [6.07, 6.45) is 2.26. The van der Waals surface area contributed by atoms with E-state index in [-0.39, 0.29) is 17.1 Å². The van der Waals surface area contributed by atoms with Crippen LogP contribution in [0.25, 0.3) is 0 Å². The molecule has 1 fully saturated rings. The first-order chi connectivity index (χ1) is 8.70. The summed E-state index contributed by atoms with van der Waals surface area (Å²) in [6, 6.07) is 3.05. The largest absolute Gasteiger partial charge is 0.381 e. The van der Waals surface area contributed by atoms with Gasteiger partial charge in [-0.3, -0.25) is 10.1 Å². The van der Waals surface area contributed by atoms with Crippen LogP contribution in [0.1, 0.15) is 12.0 Å². The van der Waals surface area contributed by atoms with Crippen molar-refractivity contribution >= 4 is 11.5 Å². The van der Waals surface area contributed by atoms with Gasteiger partial charge in [-0.2, -0.15) is 5.26 Å². The Bertz CT molecular complexity index is 492. The molecule has 0 aromatic carbocycles. The van der Waals surface area contributed by atoms with Gasteiger partial charge in [0.2, 0.25) is 5.82 Å². The van der Waals surface area contributed by atoms with E-state index < -0.39 is 4.92 Å². The average molecular weight is 248 g/mol. The van der Waals surface area contributed by atoms with E-state index in [0.717, 1.165) is 13.0 Å². The molecule has 1 unspecified atom stereocenters. The molecule has 94 valence electrons. The SMILES string of the molecule is N#Cc1cnc(NCC2CCOC2)c([N+](=O)[O-])c1. The number of hydrogen-bond acceptors (Lipinski definition) is 6. The third kappa shape index (κ3) is 2.73. The van der Waals surface area contributed by atoms with Gasteiger partial charge in [0.25, 0.3) is 0 Å². The molecule has 1 aliphatic heterocycles. The number of nitrogens with zero attached hydrogens (tertiary/aromatic N) is 3. The number of nitrogens with one attached hydrogen (secondary N) is 1. The van der Waals surface area contributed by atoms with Crippen LogP contribution in [0.4, 0.5) is 11.5 Å². The molecule has 1 N–H and O–H groups in total. The highest BCUT2D eigenvalue weighted by atomic mass is 16.6. The van der Waals surface area contributed by atoms with Crippen LogP contribution in [0.3, 0.4) is 0 Å². The highest BCUT2D eigenvalue weighted by Gasteiger charge is 2.19.